The molecule has 0 radical (unpaired) electrons. The Morgan fingerprint density at radius 3 is 2.50 bits per heavy atom. The van der Waals surface area contributed by atoms with E-state index in [0.29, 0.717) is 32.7 Å². The van der Waals surface area contributed by atoms with Crippen LogP contribution in [0.5, 0.6) is 0 Å². The van der Waals surface area contributed by atoms with Crippen LogP contribution in [-0.4, -0.2) is 69.8 Å². The third-order valence-corrected chi connectivity index (χ3v) is 3.32. The molecule has 2 rings (SSSR count). The number of rotatable bonds is 4. The van der Waals surface area contributed by atoms with Crippen LogP contribution in [0.4, 0.5) is 0 Å². The molecular weight excluding hydrogens is 260 g/mol. The quantitative estimate of drug-likeness (QED) is 0.740. The molecule has 1 aliphatic rings. The lowest BCUT2D eigenvalue weighted by Gasteiger charge is -2.34. The summed E-state index contributed by atoms with van der Waals surface area (Å²) in [5.74, 6) is 0.0687. The molecule has 0 saturated carbocycles. The van der Waals surface area contributed by atoms with Crippen molar-refractivity contribution in [2.24, 2.45) is 0 Å². The highest BCUT2D eigenvalue weighted by atomic mass is 16.2. The Bertz CT molecular complexity index is 478. The molecule has 0 spiro atoms. The van der Waals surface area contributed by atoms with Crippen LogP contribution in [0.2, 0.25) is 0 Å². The monoisotopic (exact) mass is 280 g/mol. The van der Waals surface area contributed by atoms with E-state index in [2.05, 4.69) is 15.6 Å². The molecule has 0 aliphatic carbocycles. The number of hydrogen-bond donors (Lipinski definition) is 1. The SMILES string of the molecule is CNCc1cn(CC(=O)N2CCN(C(C)=O)CC2)nn1. The first-order chi connectivity index (χ1) is 9.60. The van der Waals surface area contributed by atoms with Gasteiger partial charge in [0, 0.05) is 39.6 Å². The maximum Gasteiger partial charge on any atom is 0.244 e. The Morgan fingerprint density at radius 1 is 1.25 bits per heavy atom. The lowest BCUT2D eigenvalue weighted by Crippen LogP contribution is -2.50. The van der Waals surface area contributed by atoms with Crippen LogP contribution in [0.15, 0.2) is 6.20 Å². The molecule has 1 N–H and O–H groups in total. The van der Waals surface area contributed by atoms with Crippen molar-refractivity contribution in [3.8, 4) is 0 Å². The molecule has 20 heavy (non-hydrogen) atoms. The molecule has 8 nitrogen and oxygen atoms in total. The first-order valence-electron chi connectivity index (χ1n) is 6.67. The third kappa shape index (κ3) is 3.53. The van der Waals surface area contributed by atoms with E-state index in [-0.39, 0.29) is 18.4 Å². The maximum atomic E-state index is 12.1. The molecule has 1 aromatic rings. The van der Waals surface area contributed by atoms with Crippen molar-refractivity contribution in [3.05, 3.63) is 11.9 Å². The van der Waals surface area contributed by atoms with Gasteiger partial charge in [0.25, 0.3) is 0 Å². The minimum absolute atomic E-state index is 0.00843. The summed E-state index contributed by atoms with van der Waals surface area (Å²) >= 11 is 0. The Kier molecular flexibility index (Phi) is 4.67. The number of aromatic nitrogens is 3. The minimum atomic E-state index is 0.00843. The average molecular weight is 280 g/mol. The number of amides is 2. The van der Waals surface area contributed by atoms with Gasteiger partial charge in [-0.15, -0.1) is 5.10 Å². The van der Waals surface area contributed by atoms with Crippen LogP contribution in [0, 0.1) is 0 Å². The smallest absolute Gasteiger partial charge is 0.244 e. The summed E-state index contributed by atoms with van der Waals surface area (Å²) in [7, 11) is 1.83. The maximum absolute atomic E-state index is 12.1. The van der Waals surface area contributed by atoms with Crippen molar-refractivity contribution >= 4 is 11.8 Å². The topological polar surface area (TPSA) is 83.4 Å². The molecule has 1 saturated heterocycles. The summed E-state index contributed by atoms with van der Waals surface area (Å²) in [4.78, 5) is 26.9. The van der Waals surface area contributed by atoms with Gasteiger partial charge in [0.1, 0.15) is 6.54 Å². The lowest BCUT2D eigenvalue weighted by molar-refractivity contribution is -0.138. The van der Waals surface area contributed by atoms with E-state index in [1.54, 1.807) is 27.6 Å². The van der Waals surface area contributed by atoms with Gasteiger partial charge in [-0.05, 0) is 7.05 Å². The van der Waals surface area contributed by atoms with Crippen LogP contribution >= 0.6 is 0 Å². The summed E-state index contributed by atoms with van der Waals surface area (Å²) in [5.41, 5.74) is 0.807. The number of piperazine rings is 1. The largest absolute Gasteiger partial charge is 0.339 e. The first-order valence-corrected chi connectivity index (χ1v) is 6.67. The van der Waals surface area contributed by atoms with E-state index < -0.39 is 0 Å². The third-order valence-electron chi connectivity index (χ3n) is 3.32. The summed E-state index contributed by atoms with van der Waals surface area (Å²) < 4.78 is 1.55. The highest BCUT2D eigenvalue weighted by Gasteiger charge is 2.22. The summed E-state index contributed by atoms with van der Waals surface area (Å²) in [6, 6.07) is 0. The molecule has 8 heteroatoms. The molecule has 0 atom stereocenters. The van der Waals surface area contributed by atoms with Crippen molar-refractivity contribution in [1.82, 2.24) is 30.1 Å². The zero-order valence-corrected chi connectivity index (χ0v) is 11.9. The molecule has 0 aromatic carbocycles. The van der Waals surface area contributed by atoms with Crippen LogP contribution < -0.4 is 5.32 Å². The Labute approximate surface area is 117 Å². The van der Waals surface area contributed by atoms with Gasteiger partial charge in [0.05, 0.1) is 11.9 Å². The van der Waals surface area contributed by atoms with Gasteiger partial charge in [0.15, 0.2) is 0 Å². The second kappa shape index (κ2) is 6.47. The predicted octanol–water partition coefficient (Wildman–Crippen LogP) is -1.31. The standard InChI is InChI=1S/C12H20N6O2/c1-10(19)16-3-5-17(6-4-16)12(20)9-18-8-11(7-13-2)14-15-18/h8,13H,3-7,9H2,1-2H3. The second-order valence-corrected chi connectivity index (χ2v) is 4.82. The zero-order chi connectivity index (χ0) is 14.5. The van der Waals surface area contributed by atoms with E-state index in [1.165, 1.54) is 0 Å². The van der Waals surface area contributed by atoms with Crippen molar-refractivity contribution in [2.45, 2.75) is 20.0 Å². The van der Waals surface area contributed by atoms with Crippen molar-refractivity contribution in [2.75, 3.05) is 33.2 Å². The number of hydrogen-bond acceptors (Lipinski definition) is 5. The van der Waals surface area contributed by atoms with Crippen LogP contribution in [0.3, 0.4) is 0 Å². The van der Waals surface area contributed by atoms with Gasteiger partial charge in [-0.1, -0.05) is 5.21 Å². The molecule has 1 aromatic heterocycles. The number of carbonyl (C=O) groups is 2. The van der Waals surface area contributed by atoms with E-state index in [4.69, 9.17) is 0 Å². The van der Waals surface area contributed by atoms with E-state index in [9.17, 15) is 9.59 Å². The molecule has 2 amide bonds. The van der Waals surface area contributed by atoms with E-state index in [0.717, 1.165) is 5.69 Å². The first kappa shape index (κ1) is 14.4. The van der Waals surface area contributed by atoms with Crippen molar-refractivity contribution in [3.63, 3.8) is 0 Å². The molecule has 0 unspecified atom stereocenters. The average Bonchev–Trinajstić information content (AvgIpc) is 2.86. The minimum Gasteiger partial charge on any atom is -0.339 e. The van der Waals surface area contributed by atoms with Crippen molar-refractivity contribution < 1.29 is 9.59 Å². The van der Waals surface area contributed by atoms with E-state index >= 15 is 0 Å². The highest BCUT2D eigenvalue weighted by molar-refractivity contribution is 5.77. The van der Waals surface area contributed by atoms with Crippen LogP contribution in [0.25, 0.3) is 0 Å². The number of nitrogens with one attached hydrogen (secondary N) is 1. The number of nitrogens with zero attached hydrogens (tertiary/aromatic N) is 5. The second-order valence-electron chi connectivity index (χ2n) is 4.82. The summed E-state index contributed by atoms with van der Waals surface area (Å²) in [6.07, 6.45) is 1.76. The lowest BCUT2D eigenvalue weighted by atomic mass is 10.3. The molecule has 0 bridgehead atoms. The fraction of sp³-hybridized carbons (Fsp3) is 0.667. The Morgan fingerprint density at radius 2 is 1.90 bits per heavy atom. The zero-order valence-electron chi connectivity index (χ0n) is 11.9. The fourth-order valence-electron chi connectivity index (χ4n) is 2.19. The number of carbonyl (C=O) groups excluding carboxylic acids is 2. The van der Waals surface area contributed by atoms with Crippen LogP contribution in [0.1, 0.15) is 12.6 Å². The normalized spacial score (nSPS) is 15.5. The van der Waals surface area contributed by atoms with Gasteiger partial charge in [-0.2, -0.15) is 0 Å². The Balaban J connectivity index is 1.84. The van der Waals surface area contributed by atoms with Crippen LogP contribution in [-0.2, 0) is 22.7 Å². The molecule has 1 aliphatic heterocycles. The van der Waals surface area contributed by atoms with Gasteiger partial charge in [-0.25, -0.2) is 4.68 Å². The van der Waals surface area contributed by atoms with Crippen molar-refractivity contribution in [1.29, 1.82) is 0 Å². The predicted molar refractivity (Wildman–Crippen MR) is 71.6 cm³/mol. The highest BCUT2D eigenvalue weighted by Crippen LogP contribution is 2.03. The van der Waals surface area contributed by atoms with Gasteiger partial charge in [-0.3, -0.25) is 9.59 Å². The Hall–Kier alpha value is -1.96. The fourth-order valence-corrected chi connectivity index (χ4v) is 2.19. The molecular formula is C12H20N6O2. The summed E-state index contributed by atoms with van der Waals surface area (Å²) in [5, 5.41) is 10.9. The molecule has 2 heterocycles. The van der Waals surface area contributed by atoms with Gasteiger partial charge >= 0.3 is 0 Å². The van der Waals surface area contributed by atoms with Gasteiger partial charge in [0.2, 0.25) is 11.8 Å². The molecule has 1 fully saturated rings. The summed E-state index contributed by atoms with van der Waals surface area (Å²) in [6.45, 7) is 4.73. The molecule has 110 valence electrons. The van der Waals surface area contributed by atoms with E-state index in [1.807, 2.05) is 7.05 Å². The van der Waals surface area contributed by atoms with Gasteiger partial charge < -0.3 is 15.1 Å².